The maximum Gasteiger partial charge on any atom is 0.225 e. The summed E-state index contributed by atoms with van der Waals surface area (Å²) in [6, 6.07) is 0. The molecule has 0 radical (unpaired) electrons. The second-order valence-corrected chi connectivity index (χ2v) is 3.37. The Balaban J connectivity index is 0.000000980. The highest BCUT2D eigenvalue weighted by molar-refractivity contribution is 6.30. The SMILES string of the molecule is Cl.Clc1cnc(N2CCNCC2)nc1. The van der Waals surface area contributed by atoms with E-state index in [9.17, 15) is 0 Å². The zero-order valence-electron chi connectivity index (χ0n) is 7.61. The quantitative estimate of drug-likeness (QED) is 0.787. The number of hydrogen-bond donors (Lipinski definition) is 1. The van der Waals surface area contributed by atoms with Crippen LogP contribution in [0.3, 0.4) is 0 Å². The van der Waals surface area contributed by atoms with Gasteiger partial charge in [0, 0.05) is 26.2 Å². The third kappa shape index (κ3) is 2.70. The number of rotatable bonds is 1. The molecule has 1 N–H and O–H groups in total. The van der Waals surface area contributed by atoms with Gasteiger partial charge in [-0.05, 0) is 0 Å². The van der Waals surface area contributed by atoms with Gasteiger partial charge < -0.3 is 10.2 Å². The van der Waals surface area contributed by atoms with Gasteiger partial charge >= 0.3 is 0 Å². The zero-order chi connectivity index (χ0) is 9.10. The first-order chi connectivity index (χ1) is 6.36. The van der Waals surface area contributed by atoms with Crippen molar-refractivity contribution in [3.05, 3.63) is 17.4 Å². The number of anilines is 1. The summed E-state index contributed by atoms with van der Waals surface area (Å²) in [6.07, 6.45) is 3.26. The van der Waals surface area contributed by atoms with E-state index in [1.807, 2.05) is 0 Å². The molecule has 0 aromatic carbocycles. The summed E-state index contributed by atoms with van der Waals surface area (Å²) in [5.41, 5.74) is 0. The maximum atomic E-state index is 5.69. The summed E-state index contributed by atoms with van der Waals surface area (Å²) in [5, 5.41) is 3.85. The summed E-state index contributed by atoms with van der Waals surface area (Å²) in [7, 11) is 0. The third-order valence-electron chi connectivity index (χ3n) is 2.01. The average molecular weight is 235 g/mol. The standard InChI is InChI=1S/C8H11ClN4.ClH/c9-7-5-11-8(12-6-7)13-3-1-10-2-4-13;/h5-6,10H,1-4H2;1H. The van der Waals surface area contributed by atoms with E-state index in [4.69, 9.17) is 11.6 Å². The van der Waals surface area contributed by atoms with Gasteiger partial charge in [-0.3, -0.25) is 0 Å². The predicted molar refractivity (Wildman–Crippen MR) is 59.4 cm³/mol. The molecule has 0 atom stereocenters. The Morgan fingerprint density at radius 1 is 1.21 bits per heavy atom. The van der Waals surface area contributed by atoms with Gasteiger partial charge in [0.15, 0.2) is 0 Å². The fourth-order valence-corrected chi connectivity index (χ4v) is 1.43. The molecule has 1 fully saturated rings. The Hall–Kier alpha value is -0.580. The Morgan fingerprint density at radius 2 is 1.79 bits per heavy atom. The monoisotopic (exact) mass is 234 g/mol. The van der Waals surface area contributed by atoms with Crippen molar-refractivity contribution in [2.45, 2.75) is 0 Å². The van der Waals surface area contributed by atoms with Crippen LogP contribution in [0.25, 0.3) is 0 Å². The normalized spacial score (nSPS) is 16.2. The molecule has 2 rings (SSSR count). The first-order valence-electron chi connectivity index (χ1n) is 4.29. The predicted octanol–water partition coefficient (Wildman–Crippen LogP) is 0.961. The first-order valence-corrected chi connectivity index (χ1v) is 4.67. The second-order valence-electron chi connectivity index (χ2n) is 2.94. The molecule has 1 aromatic rings. The molecule has 1 aromatic heterocycles. The van der Waals surface area contributed by atoms with Crippen molar-refractivity contribution in [2.24, 2.45) is 0 Å². The largest absolute Gasteiger partial charge is 0.338 e. The number of nitrogens with one attached hydrogen (secondary N) is 1. The van der Waals surface area contributed by atoms with Gasteiger partial charge in [0.25, 0.3) is 0 Å². The maximum absolute atomic E-state index is 5.69. The molecular weight excluding hydrogens is 223 g/mol. The van der Waals surface area contributed by atoms with Crippen LogP contribution < -0.4 is 10.2 Å². The molecule has 1 aliphatic rings. The smallest absolute Gasteiger partial charge is 0.225 e. The van der Waals surface area contributed by atoms with Crippen molar-refractivity contribution in [2.75, 3.05) is 31.1 Å². The molecule has 1 aliphatic heterocycles. The van der Waals surface area contributed by atoms with Crippen molar-refractivity contribution in [1.29, 1.82) is 0 Å². The first kappa shape index (κ1) is 11.5. The summed E-state index contributed by atoms with van der Waals surface area (Å²) >= 11 is 5.69. The summed E-state index contributed by atoms with van der Waals surface area (Å²) < 4.78 is 0. The van der Waals surface area contributed by atoms with Gasteiger partial charge in [-0.2, -0.15) is 0 Å². The number of nitrogens with zero attached hydrogens (tertiary/aromatic N) is 3. The number of hydrogen-bond acceptors (Lipinski definition) is 4. The van der Waals surface area contributed by atoms with Crippen LogP contribution in [0.1, 0.15) is 0 Å². The highest BCUT2D eigenvalue weighted by atomic mass is 35.5. The van der Waals surface area contributed by atoms with Crippen LogP contribution in [0.4, 0.5) is 5.95 Å². The van der Waals surface area contributed by atoms with Crippen molar-refractivity contribution in [3.8, 4) is 0 Å². The lowest BCUT2D eigenvalue weighted by Gasteiger charge is -2.27. The lowest BCUT2D eigenvalue weighted by atomic mass is 10.4. The van der Waals surface area contributed by atoms with Crippen molar-refractivity contribution < 1.29 is 0 Å². The van der Waals surface area contributed by atoms with Gasteiger partial charge in [-0.1, -0.05) is 11.6 Å². The fraction of sp³-hybridized carbons (Fsp3) is 0.500. The van der Waals surface area contributed by atoms with Gasteiger partial charge in [-0.15, -0.1) is 12.4 Å². The van der Waals surface area contributed by atoms with Crippen LogP contribution in [-0.4, -0.2) is 36.1 Å². The highest BCUT2D eigenvalue weighted by Crippen LogP contribution is 2.10. The Kier molecular flexibility index (Phi) is 4.38. The van der Waals surface area contributed by atoms with E-state index in [-0.39, 0.29) is 12.4 Å². The molecule has 1 saturated heterocycles. The molecule has 4 nitrogen and oxygen atoms in total. The van der Waals surface area contributed by atoms with E-state index in [0.717, 1.165) is 32.1 Å². The molecule has 2 heterocycles. The second kappa shape index (κ2) is 5.34. The minimum atomic E-state index is 0. The summed E-state index contributed by atoms with van der Waals surface area (Å²) in [6.45, 7) is 3.90. The van der Waals surface area contributed by atoms with Crippen LogP contribution in [0.15, 0.2) is 12.4 Å². The third-order valence-corrected chi connectivity index (χ3v) is 2.20. The molecular formula is C8H12Cl2N4. The average Bonchev–Trinajstić information content (AvgIpc) is 2.20. The topological polar surface area (TPSA) is 41.1 Å². The van der Waals surface area contributed by atoms with E-state index in [1.54, 1.807) is 12.4 Å². The van der Waals surface area contributed by atoms with E-state index in [0.29, 0.717) is 5.02 Å². The van der Waals surface area contributed by atoms with E-state index < -0.39 is 0 Å². The van der Waals surface area contributed by atoms with Crippen LogP contribution in [-0.2, 0) is 0 Å². The Morgan fingerprint density at radius 3 is 2.36 bits per heavy atom. The van der Waals surface area contributed by atoms with Crippen molar-refractivity contribution in [3.63, 3.8) is 0 Å². The molecule has 78 valence electrons. The summed E-state index contributed by atoms with van der Waals surface area (Å²) in [5.74, 6) is 0.769. The highest BCUT2D eigenvalue weighted by Gasteiger charge is 2.11. The Bertz CT molecular complexity index is 271. The van der Waals surface area contributed by atoms with Gasteiger partial charge in [0.2, 0.25) is 5.95 Å². The molecule has 0 aliphatic carbocycles. The van der Waals surface area contributed by atoms with Gasteiger partial charge in [-0.25, -0.2) is 9.97 Å². The molecule has 0 amide bonds. The summed E-state index contributed by atoms with van der Waals surface area (Å²) in [4.78, 5) is 10.5. The molecule has 0 bridgehead atoms. The van der Waals surface area contributed by atoms with E-state index in [1.165, 1.54) is 0 Å². The van der Waals surface area contributed by atoms with Gasteiger partial charge in [0.05, 0.1) is 17.4 Å². The van der Waals surface area contributed by atoms with Crippen molar-refractivity contribution >= 4 is 30.0 Å². The van der Waals surface area contributed by atoms with E-state index in [2.05, 4.69) is 20.2 Å². The van der Waals surface area contributed by atoms with Crippen molar-refractivity contribution in [1.82, 2.24) is 15.3 Å². The lowest BCUT2D eigenvalue weighted by molar-refractivity contribution is 0.580. The molecule has 0 spiro atoms. The zero-order valence-corrected chi connectivity index (χ0v) is 9.18. The van der Waals surface area contributed by atoms with Crippen LogP contribution in [0.5, 0.6) is 0 Å². The van der Waals surface area contributed by atoms with Gasteiger partial charge in [0.1, 0.15) is 0 Å². The lowest BCUT2D eigenvalue weighted by Crippen LogP contribution is -2.44. The molecule has 14 heavy (non-hydrogen) atoms. The Labute approximate surface area is 94.1 Å². The molecule has 6 heteroatoms. The van der Waals surface area contributed by atoms with Crippen LogP contribution in [0, 0.1) is 0 Å². The number of halogens is 2. The van der Waals surface area contributed by atoms with E-state index >= 15 is 0 Å². The minimum absolute atomic E-state index is 0. The fourth-order valence-electron chi connectivity index (χ4n) is 1.33. The molecule has 0 unspecified atom stereocenters. The van der Waals surface area contributed by atoms with Crippen LogP contribution in [0.2, 0.25) is 5.02 Å². The molecule has 0 saturated carbocycles. The number of aromatic nitrogens is 2. The number of piperazine rings is 1. The minimum Gasteiger partial charge on any atom is -0.338 e. The van der Waals surface area contributed by atoms with Crippen LogP contribution >= 0.6 is 24.0 Å².